The van der Waals surface area contributed by atoms with Crippen molar-refractivity contribution in [2.24, 2.45) is 5.73 Å². The minimum absolute atomic E-state index is 0.0306. The third kappa shape index (κ3) is 4.22. The van der Waals surface area contributed by atoms with E-state index in [9.17, 15) is 9.18 Å². The average molecular weight is 433 g/mol. The van der Waals surface area contributed by atoms with Crippen LogP contribution in [0, 0.1) is 6.92 Å². The molecule has 1 atom stereocenters. The molecule has 7 nitrogen and oxygen atoms in total. The van der Waals surface area contributed by atoms with E-state index >= 15 is 0 Å². The topological polar surface area (TPSA) is 99.8 Å². The molecule has 164 valence electrons. The lowest BCUT2D eigenvalue weighted by molar-refractivity contribution is 0.433. The fourth-order valence-corrected chi connectivity index (χ4v) is 3.39. The van der Waals surface area contributed by atoms with Crippen LogP contribution in [0.5, 0.6) is 0 Å². The zero-order valence-electron chi connectivity index (χ0n) is 18.1. The molecule has 32 heavy (non-hydrogen) atoms. The zero-order chi connectivity index (χ0) is 22.8. The van der Waals surface area contributed by atoms with Crippen LogP contribution in [-0.4, -0.2) is 26.4 Å². The highest BCUT2D eigenvalue weighted by atomic mass is 19.1. The quantitative estimate of drug-likeness (QED) is 0.481. The van der Waals surface area contributed by atoms with Gasteiger partial charge in [-0.25, -0.2) is 9.37 Å². The summed E-state index contributed by atoms with van der Waals surface area (Å²) in [5.74, 6) is 0.480. The molecule has 0 aliphatic carbocycles. The summed E-state index contributed by atoms with van der Waals surface area (Å²) in [4.78, 5) is 21.3. The Bertz CT molecular complexity index is 1290. The van der Waals surface area contributed by atoms with Gasteiger partial charge in [-0.05, 0) is 32.4 Å². The van der Waals surface area contributed by atoms with E-state index < -0.39 is 12.7 Å². The van der Waals surface area contributed by atoms with Gasteiger partial charge in [0.1, 0.15) is 18.1 Å². The number of alkyl halides is 1. The Kier molecular flexibility index (Phi) is 5.96. The van der Waals surface area contributed by atoms with Crippen molar-refractivity contribution in [3.05, 3.63) is 76.5 Å². The molecule has 2 N–H and O–H groups in total. The lowest BCUT2D eigenvalue weighted by Crippen LogP contribution is -2.20. The first kappa shape index (κ1) is 21.6. The van der Waals surface area contributed by atoms with E-state index in [1.165, 1.54) is 6.07 Å². The van der Waals surface area contributed by atoms with Crippen LogP contribution in [0.25, 0.3) is 34.0 Å². The summed E-state index contributed by atoms with van der Waals surface area (Å²) >= 11 is 0. The maximum atomic E-state index is 12.8. The standard InChI is InChI=1S/C24H24FN5O2/c1-14(2)30-13-18(8-9-23(30)31)21-12-27-15(3)24(28-21)22-10-20(29-32-22)17-6-4-16(5-7-17)19(26)11-25/h4-10,12-14,19H,11,26H2,1-3H3. The number of hydrogen-bond acceptors (Lipinski definition) is 6. The van der Waals surface area contributed by atoms with Gasteiger partial charge in [0, 0.05) is 35.5 Å². The average Bonchev–Trinajstić information content (AvgIpc) is 3.29. The van der Waals surface area contributed by atoms with Crippen molar-refractivity contribution in [3.8, 4) is 34.0 Å². The molecule has 0 radical (unpaired) electrons. The highest BCUT2D eigenvalue weighted by Gasteiger charge is 2.16. The molecule has 3 aromatic heterocycles. The number of halogens is 1. The molecule has 0 bridgehead atoms. The van der Waals surface area contributed by atoms with Crippen molar-refractivity contribution < 1.29 is 8.91 Å². The van der Waals surface area contributed by atoms with Crippen LogP contribution in [-0.2, 0) is 0 Å². The maximum absolute atomic E-state index is 12.8. The molecule has 0 aliphatic rings. The monoisotopic (exact) mass is 433 g/mol. The van der Waals surface area contributed by atoms with Gasteiger partial charge in [-0.1, -0.05) is 29.4 Å². The van der Waals surface area contributed by atoms with Gasteiger partial charge in [0.2, 0.25) is 0 Å². The number of hydrogen-bond donors (Lipinski definition) is 1. The second-order valence-electron chi connectivity index (χ2n) is 7.91. The predicted molar refractivity (Wildman–Crippen MR) is 121 cm³/mol. The molecule has 0 fully saturated rings. The van der Waals surface area contributed by atoms with Crippen LogP contribution in [0.1, 0.15) is 37.2 Å². The van der Waals surface area contributed by atoms with Gasteiger partial charge in [0.15, 0.2) is 5.76 Å². The Hall–Kier alpha value is -3.65. The molecule has 0 saturated carbocycles. The molecule has 4 rings (SSSR count). The van der Waals surface area contributed by atoms with Crippen molar-refractivity contribution in [2.45, 2.75) is 32.9 Å². The van der Waals surface area contributed by atoms with Crippen LogP contribution in [0.2, 0.25) is 0 Å². The van der Waals surface area contributed by atoms with Gasteiger partial charge in [-0.2, -0.15) is 0 Å². The van der Waals surface area contributed by atoms with E-state index in [-0.39, 0.29) is 11.6 Å². The van der Waals surface area contributed by atoms with Gasteiger partial charge in [-0.15, -0.1) is 0 Å². The van der Waals surface area contributed by atoms with Gasteiger partial charge < -0.3 is 14.8 Å². The summed E-state index contributed by atoms with van der Waals surface area (Å²) in [5.41, 5.74) is 10.5. The number of benzene rings is 1. The van der Waals surface area contributed by atoms with E-state index in [1.807, 2.05) is 32.9 Å². The molecule has 0 saturated heterocycles. The third-order valence-corrected chi connectivity index (χ3v) is 5.29. The fraction of sp³-hybridized carbons (Fsp3) is 0.250. The first-order valence-corrected chi connectivity index (χ1v) is 10.3. The zero-order valence-corrected chi connectivity index (χ0v) is 18.1. The minimum Gasteiger partial charge on any atom is -0.354 e. The molecule has 4 aromatic rings. The van der Waals surface area contributed by atoms with Crippen molar-refractivity contribution in [1.82, 2.24) is 19.7 Å². The van der Waals surface area contributed by atoms with Crippen LogP contribution >= 0.6 is 0 Å². The normalized spacial score (nSPS) is 12.3. The third-order valence-electron chi connectivity index (χ3n) is 5.29. The van der Waals surface area contributed by atoms with Crippen LogP contribution < -0.4 is 11.3 Å². The van der Waals surface area contributed by atoms with E-state index in [0.717, 1.165) is 16.7 Å². The molecule has 1 unspecified atom stereocenters. The highest BCUT2D eigenvalue weighted by molar-refractivity contribution is 5.68. The van der Waals surface area contributed by atoms with E-state index in [0.29, 0.717) is 28.5 Å². The van der Waals surface area contributed by atoms with Crippen LogP contribution in [0.15, 0.2) is 64.2 Å². The number of aromatic nitrogens is 4. The second kappa shape index (κ2) is 8.84. The molecular formula is C24H24FN5O2. The Morgan fingerprint density at radius 3 is 2.50 bits per heavy atom. The van der Waals surface area contributed by atoms with E-state index in [2.05, 4.69) is 10.1 Å². The summed E-state index contributed by atoms with van der Waals surface area (Å²) in [5, 5.41) is 4.16. The highest BCUT2D eigenvalue weighted by Crippen LogP contribution is 2.29. The molecule has 3 heterocycles. The van der Waals surface area contributed by atoms with E-state index in [4.69, 9.17) is 15.2 Å². The first-order valence-electron chi connectivity index (χ1n) is 10.3. The van der Waals surface area contributed by atoms with Gasteiger partial charge in [0.25, 0.3) is 5.56 Å². The lowest BCUT2D eigenvalue weighted by Gasteiger charge is -2.11. The van der Waals surface area contributed by atoms with Crippen LogP contribution in [0.3, 0.4) is 0 Å². The summed E-state index contributed by atoms with van der Waals surface area (Å²) < 4.78 is 20.0. The SMILES string of the molecule is Cc1ncc(-c2ccc(=O)n(C(C)C)c2)nc1-c1cc(-c2ccc(C(N)CF)cc2)no1. The molecule has 0 amide bonds. The fourth-order valence-electron chi connectivity index (χ4n) is 3.39. The van der Waals surface area contributed by atoms with Gasteiger partial charge in [0.05, 0.1) is 23.6 Å². The second-order valence-corrected chi connectivity index (χ2v) is 7.91. The summed E-state index contributed by atoms with van der Waals surface area (Å²) in [6.07, 6.45) is 3.46. The first-order chi connectivity index (χ1) is 15.4. The van der Waals surface area contributed by atoms with Crippen molar-refractivity contribution in [1.29, 1.82) is 0 Å². The maximum Gasteiger partial charge on any atom is 0.250 e. The largest absolute Gasteiger partial charge is 0.354 e. The minimum atomic E-state index is -0.636. The van der Waals surface area contributed by atoms with Crippen molar-refractivity contribution in [3.63, 3.8) is 0 Å². The Morgan fingerprint density at radius 2 is 1.81 bits per heavy atom. The number of nitrogens with zero attached hydrogens (tertiary/aromatic N) is 4. The lowest BCUT2D eigenvalue weighted by atomic mass is 10.0. The molecule has 0 spiro atoms. The molecule has 8 heteroatoms. The Labute approximate surface area is 184 Å². The summed E-state index contributed by atoms with van der Waals surface area (Å²) in [7, 11) is 0. The Morgan fingerprint density at radius 1 is 1.09 bits per heavy atom. The van der Waals surface area contributed by atoms with Crippen molar-refractivity contribution in [2.75, 3.05) is 6.67 Å². The number of pyridine rings is 1. The van der Waals surface area contributed by atoms with Gasteiger partial charge >= 0.3 is 0 Å². The van der Waals surface area contributed by atoms with E-state index in [1.54, 1.807) is 41.2 Å². The number of rotatable bonds is 6. The summed E-state index contributed by atoms with van der Waals surface area (Å²) in [6, 6.07) is 11.7. The Balaban J connectivity index is 1.68. The van der Waals surface area contributed by atoms with Gasteiger partial charge in [-0.3, -0.25) is 9.78 Å². The summed E-state index contributed by atoms with van der Waals surface area (Å²) in [6.45, 7) is 5.13. The molecule has 1 aromatic carbocycles. The molecule has 0 aliphatic heterocycles. The molecular weight excluding hydrogens is 409 g/mol. The van der Waals surface area contributed by atoms with Crippen molar-refractivity contribution >= 4 is 0 Å². The smallest absolute Gasteiger partial charge is 0.250 e. The number of aryl methyl sites for hydroxylation is 1. The van der Waals surface area contributed by atoms with Crippen LogP contribution in [0.4, 0.5) is 4.39 Å². The number of nitrogens with two attached hydrogens (primary N) is 1. The predicted octanol–water partition coefficient (Wildman–Crippen LogP) is 4.49.